The van der Waals surface area contributed by atoms with E-state index in [1.165, 1.54) is 0 Å². The van der Waals surface area contributed by atoms with E-state index in [2.05, 4.69) is 0 Å². The molecule has 1 aromatic carbocycles. The van der Waals surface area contributed by atoms with Crippen molar-refractivity contribution in [2.75, 3.05) is 5.32 Å². The fraction of sp³-hybridized carbons (Fsp3) is 0.111. The van der Waals surface area contributed by atoms with Crippen molar-refractivity contribution in [2.45, 2.75) is 6.42 Å². The van der Waals surface area contributed by atoms with E-state index >= 15 is 0 Å². The van der Waals surface area contributed by atoms with E-state index in [1.54, 1.807) is 0 Å². The van der Waals surface area contributed by atoms with Crippen LogP contribution in [0, 0.1) is 17.5 Å². The summed E-state index contributed by atoms with van der Waals surface area (Å²) in [6.45, 7) is 0. The lowest BCUT2D eigenvalue weighted by molar-refractivity contribution is -0.139. The van der Waals surface area contributed by atoms with Crippen molar-refractivity contribution in [1.82, 2.24) is 0 Å². The summed E-state index contributed by atoms with van der Waals surface area (Å²) < 4.78 is 38.1. The molecule has 1 amide bonds. The molecule has 0 aromatic heterocycles. The number of benzene rings is 1. The summed E-state index contributed by atoms with van der Waals surface area (Å²) in [5.41, 5.74) is -0.606. The first-order chi connectivity index (χ1) is 7.40. The average Bonchev–Trinajstić information content (AvgIpc) is 2.12. The summed E-state index contributed by atoms with van der Waals surface area (Å²) in [6, 6.07) is 0.691. The number of hydrogen-bond donors (Lipinski definition) is 2. The highest BCUT2D eigenvalue weighted by Crippen LogP contribution is 2.18. The lowest BCUT2D eigenvalue weighted by Gasteiger charge is -2.05. The molecular weight excluding hydrogens is 227 g/mol. The maximum Gasteiger partial charge on any atom is 0.312 e. The zero-order valence-corrected chi connectivity index (χ0v) is 7.76. The molecule has 4 nitrogen and oxygen atoms in total. The number of carboxylic acids is 1. The zero-order valence-electron chi connectivity index (χ0n) is 7.76. The molecule has 0 atom stereocenters. The number of carbonyl (C=O) groups excluding carboxylic acids is 1. The van der Waals surface area contributed by atoms with E-state index in [9.17, 15) is 22.8 Å². The topological polar surface area (TPSA) is 66.4 Å². The van der Waals surface area contributed by atoms with Gasteiger partial charge in [0.15, 0.2) is 11.6 Å². The Labute approximate surface area is 87.7 Å². The summed E-state index contributed by atoms with van der Waals surface area (Å²) in [5.74, 6) is -6.36. The highest BCUT2D eigenvalue weighted by molar-refractivity contribution is 6.01. The Bertz CT molecular complexity index is 448. The number of anilines is 1. The number of nitrogens with one attached hydrogen (secondary N) is 1. The Morgan fingerprint density at radius 3 is 2.25 bits per heavy atom. The highest BCUT2D eigenvalue weighted by Gasteiger charge is 2.13. The third-order valence-electron chi connectivity index (χ3n) is 1.60. The van der Waals surface area contributed by atoms with Crippen LogP contribution in [0.3, 0.4) is 0 Å². The van der Waals surface area contributed by atoms with Gasteiger partial charge in [-0.3, -0.25) is 9.59 Å². The Morgan fingerprint density at radius 1 is 1.12 bits per heavy atom. The maximum absolute atomic E-state index is 13.0. The van der Waals surface area contributed by atoms with Crippen LogP contribution in [0.15, 0.2) is 12.1 Å². The maximum atomic E-state index is 13.0. The normalized spacial score (nSPS) is 9.94. The van der Waals surface area contributed by atoms with E-state index in [4.69, 9.17) is 5.11 Å². The van der Waals surface area contributed by atoms with Crippen molar-refractivity contribution < 1.29 is 27.9 Å². The number of hydrogen-bond acceptors (Lipinski definition) is 2. The predicted octanol–water partition coefficient (Wildman–Crippen LogP) is 1.52. The van der Waals surface area contributed by atoms with Crippen molar-refractivity contribution in [1.29, 1.82) is 0 Å². The Balaban J connectivity index is 2.85. The molecule has 2 N–H and O–H groups in total. The second-order valence-electron chi connectivity index (χ2n) is 2.86. The molecule has 7 heteroatoms. The Kier molecular flexibility index (Phi) is 3.49. The summed E-state index contributed by atoms with van der Waals surface area (Å²) in [4.78, 5) is 21.0. The first kappa shape index (κ1) is 12.0. The second kappa shape index (κ2) is 4.65. The van der Waals surface area contributed by atoms with Gasteiger partial charge in [-0.15, -0.1) is 0 Å². The molecule has 0 radical (unpaired) electrons. The van der Waals surface area contributed by atoms with Gasteiger partial charge < -0.3 is 10.4 Å². The molecule has 0 aliphatic carbocycles. The molecule has 0 aliphatic heterocycles. The van der Waals surface area contributed by atoms with Crippen LogP contribution in [0.5, 0.6) is 0 Å². The molecule has 1 aromatic rings. The molecule has 0 heterocycles. The van der Waals surface area contributed by atoms with Gasteiger partial charge in [-0.05, 0) is 0 Å². The summed E-state index contributed by atoms with van der Waals surface area (Å²) >= 11 is 0. The molecule has 16 heavy (non-hydrogen) atoms. The van der Waals surface area contributed by atoms with Gasteiger partial charge in [-0.2, -0.15) is 0 Å². The van der Waals surface area contributed by atoms with E-state index < -0.39 is 41.4 Å². The van der Waals surface area contributed by atoms with Gasteiger partial charge in [0.2, 0.25) is 5.91 Å². The molecule has 1 rings (SSSR count). The molecule has 0 bridgehead atoms. The summed E-state index contributed by atoms with van der Waals surface area (Å²) in [7, 11) is 0. The van der Waals surface area contributed by atoms with Crippen LogP contribution in [0.1, 0.15) is 6.42 Å². The predicted molar refractivity (Wildman–Crippen MR) is 47.2 cm³/mol. The van der Waals surface area contributed by atoms with Gasteiger partial charge in [-0.25, -0.2) is 13.2 Å². The molecule has 0 spiro atoms. The van der Waals surface area contributed by atoms with Crippen LogP contribution in [-0.2, 0) is 9.59 Å². The standard InChI is InChI=1S/C9H6F3NO3/c10-4-1-6(12)7(2-5(4)11)13-8(14)3-9(15)16/h1-2H,3H2,(H,13,14)(H,15,16). The SMILES string of the molecule is O=C(O)CC(=O)Nc1cc(F)c(F)cc1F. The molecule has 0 saturated carbocycles. The molecule has 86 valence electrons. The zero-order chi connectivity index (χ0) is 12.3. The summed E-state index contributed by atoms with van der Waals surface area (Å²) in [5, 5.41) is 10.0. The lowest BCUT2D eigenvalue weighted by Crippen LogP contribution is -2.17. The van der Waals surface area contributed by atoms with Gasteiger partial charge in [0.25, 0.3) is 0 Å². The number of carbonyl (C=O) groups is 2. The minimum atomic E-state index is -1.42. The van der Waals surface area contributed by atoms with Gasteiger partial charge in [-0.1, -0.05) is 0 Å². The molecular formula is C9H6F3NO3. The van der Waals surface area contributed by atoms with Crippen molar-refractivity contribution in [3.8, 4) is 0 Å². The monoisotopic (exact) mass is 233 g/mol. The minimum absolute atomic E-state index is 0.256. The van der Waals surface area contributed by atoms with Crippen molar-refractivity contribution in [3.63, 3.8) is 0 Å². The van der Waals surface area contributed by atoms with Crippen LogP contribution in [0.4, 0.5) is 18.9 Å². The number of aliphatic carboxylic acids is 1. The largest absolute Gasteiger partial charge is 0.481 e. The van der Waals surface area contributed by atoms with Gasteiger partial charge in [0.05, 0.1) is 5.69 Å². The quantitative estimate of drug-likeness (QED) is 0.614. The minimum Gasteiger partial charge on any atom is -0.481 e. The van der Waals surface area contributed by atoms with Crippen molar-refractivity contribution >= 4 is 17.6 Å². The van der Waals surface area contributed by atoms with E-state index in [-0.39, 0.29) is 6.07 Å². The number of rotatable bonds is 3. The van der Waals surface area contributed by atoms with Crippen LogP contribution >= 0.6 is 0 Å². The average molecular weight is 233 g/mol. The molecule has 0 aliphatic rings. The highest BCUT2D eigenvalue weighted by atomic mass is 19.2. The van der Waals surface area contributed by atoms with E-state index in [0.717, 1.165) is 0 Å². The Hall–Kier alpha value is -2.05. The fourth-order valence-corrected chi connectivity index (χ4v) is 0.950. The number of halogens is 3. The molecule has 0 fully saturated rings. The number of amides is 1. The second-order valence-corrected chi connectivity index (χ2v) is 2.86. The fourth-order valence-electron chi connectivity index (χ4n) is 0.950. The molecule has 0 saturated heterocycles. The van der Waals surface area contributed by atoms with Gasteiger partial charge >= 0.3 is 5.97 Å². The third kappa shape index (κ3) is 2.97. The van der Waals surface area contributed by atoms with Gasteiger partial charge in [0.1, 0.15) is 12.2 Å². The van der Waals surface area contributed by atoms with Crippen LogP contribution in [-0.4, -0.2) is 17.0 Å². The smallest absolute Gasteiger partial charge is 0.312 e. The van der Waals surface area contributed by atoms with Crippen LogP contribution in [0.2, 0.25) is 0 Å². The summed E-state index contributed by atoms with van der Waals surface area (Å²) in [6.07, 6.45) is -0.890. The van der Waals surface area contributed by atoms with Crippen molar-refractivity contribution in [3.05, 3.63) is 29.6 Å². The molecule has 0 unspecified atom stereocenters. The lowest BCUT2D eigenvalue weighted by atomic mass is 10.2. The van der Waals surface area contributed by atoms with E-state index in [0.29, 0.717) is 6.07 Å². The number of carboxylic acid groups (broad SMARTS) is 1. The van der Waals surface area contributed by atoms with Crippen LogP contribution in [0.25, 0.3) is 0 Å². The van der Waals surface area contributed by atoms with Crippen molar-refractivity contribution in [2.24, 2.45) is 0 Å². The van der Waals surface area contributed by atoms with E-state index in [1.807, 2.05) is 5.32 Å². The Morgan fingerprint density at radius 2 is 1.69 bits per heavy atom. The first-order valence-electron chi connectivity index (χ1n) is 4.06. The first-order valence-corrected chi connectivity index (χ1v) is 4.06. The third-order valence-corrected chi connectivity index (χ3v) is 1.60. The van der Waals surface area contributed by atoms with Crippen LogP contribution < -0.4 is 5.32 Å². The van der Waals surface area contributed by atoms with Gasteiger partial charge in [0, 0.05) is 12.1 Å².